The zero-order chi connectivity index (χ0) is 18.5. The highest BCUT2D eigenvalue weighted by molar-refractivity contribution is 6.31. The standard InChI is InChI=1S/C19H30ClNO2.51H2/c1-9-18(7)14(4)23-19(22-8,17(5,6)21-18)15-10-12(2)13(3)16(20)11-15;;;;;;;;;;;;;;;;;;;;;;;;;;;;;;;;;;;;;;;;;;;;;;;;;;;/h10-11,14,21H,9H2,1-8H3;51*1H/t14?,18?,19-;;;;;;;;;;;;;;;;;;;;;;;;;;;;;;;;;;;;;;;;;;;;;;;;;;;/m0.................................................../s1/i/hD. The summed E-state index contributed by atoms with van der Waals surface area (Å²) in [5, 5.41) is 2.34. The summed E-state index contributed by atoms with van der Waals surface area (Å²) in [5.74, 6) is -1.06. The molecule has 1 aliphatic heterocycles. The molecule has 0 spiro atoms. The third-order valence-corrected chi connectivity index (χ3v) is 5.94. The second-order valence-electron chi connectivity index (χ2n) is 7.36. The Balaban J connectivity index is -0.00000000255. The maximum atomic E-state index is 8.86. The average Bonchev–Trinajstić information content (AvgIpc) is 2.53. The number of morpholine rings is 1. The largest absolute Gasteiger partial charge is 0.348 e. The molecule has 1 fully saturated rings. The Bertz CT molecular complexity index is 673. The fourth-order valence-corrected chi connectivity index (χ4v) is 3.80. The molecule has 1 aliphatic rings. The van der Waals surface area contributed by atoms with Crippen molar-refractivity contribution in [3.05, 3.63) is 33.8 Å². The zero-order valence-corrected chi connectivity index (χ0v) is 16.3. The van der Waals surface area contributed by atoms with E-state index in [9.17, 15) is 0 Å². The van der Waals surface area contributed by atoms with E-state index in [1.165, 1.54) is 0 Å². The van der Waals surface area contributed by atoms with Crippen molar-refractivity contribution in [2.24, 2.45) is 0 Å². The Hall–Kier alpha value is -0.610. The van der Waals surface area contributed by atoms with Crippen molar-refractivity contribution in [3.63, 3.8) is 0 Å². The van der Waals surface area contributed by atoms with Gasteiger partial charge in [0.1, 0.15) is 1.41 Å². The molecule has 0 aliphatic carbocycles. The van der Waals surface area contributed by atoms with Gasteiger partial charge in [0.2, 0.25) is 5.79 Å². The van der Waals surface area contributed by atoms with Crippen molar-refractivity contribution < 1.29 is 83.6 Å². The third-order valence-electron chi connectivity index (χ3n) is 5.55. The van der Waals surface area contributed by atoms with Crippen molar-refractivity contribution in [2.45, 2.75) is 77.9 Å². The maximum absolute atomic E-state index is 8.86. The Labute approximate surface area is 222 Å². The van der Waals surface area contributed by atoms with Crippen LogP contribution in [0.3, 0.4) is 0 Å². The average molecular weight is 444 g/mol. The van der Waals surface area contributed by atoms with Gasteiger partial charge in [-0.15, -0.1) is 0 Å². The van der Waals surface area contributed by atoms with Crippen LogP contribution in [0.25, 0.3) is 0 Å². The first-order chi connectivity index (χ1) is 11.0. The minimum atomic E-state index is -1.06. The molecule has 1 aromatic rings. The van der Waals surface area contributed by atoms with Crippen LogP contribution in [0.2, 0.25) is 6.43 Å². The van der Waals surface area contributed by atoms with Crippen LogP contribution in [-0.2, 0) is 15.3 Å². The van der Waals surface area contributed by atoms with E-state index >= 15 is 0 Å². The van der Waals surface area contributed by atoms with Gasteiger partial charge in [-0.1, -0.05) is 24.6 Å². The predicted octanol–water partition coefficient (Wildman–Crippen LogP) is 17.3. The van der Waals surface area contributed by atoms with E-state index in [2.05, 4.69) is 19.9 Å². The molecule has 3 nitrogen and oxygen atoms in total. The molecule has 23 heavy (non-hydrogen) atoms. The van der Waals surface area contributed by atoms with Crippen molar-refractivity contribution in [1.82, 2.24) is 5.31 Å². The fourth-order valence-electron chi connectivity index (χ4n) is 3.53. The molecular weight excluding hydrogens is 310 g/mol. The van der Waals surface area contributed by atoms with Gasteiger partial charge in [0.15, 0.2) is 0 Å². The molecule has 1 N–H and O–H groups in total. The van der Waals surface area contributed by atoms with E-state index in [0.717, 1.165) is 23.1 Å². The third kappa shape index (κ3) is 2.82. The Morgan fingerprint density at radius 1 is 1.39 bits per heavy atom. The van der Waals surface area contributed by atoms with Gasteiger partial charge in [0, 0.05) is 96.0 Å². The Morgan fingerprint density at radius 3 is 2.48 bits per heavy atom. The summed E-state index contributed by atoms with van der Waals surface area (Å²) < 4.78 is 21.3. The van der Waals surface area contributed by atoms with Crippen LogP contribution >= 0.6 is 11.6 Å². The Morgan fingerprint density at radius 2 is 2.00 bits per heavy atom. The molecule has 0 bridgehead atoms. The molecule has 4 heteroatoms. The number of hydrogen-bond donors (Lipinski definition) is 1. The van der Waals surface area contributed by atoms with Gasteiger partial charge in [-0.25, -0.2) is 0 Å². The van der Waals surface area contributed by atoms with E-state index in [1.54, 1.807) is 12.4 Å². The summed E-state index contributed by atoms with van der Waals surface area (Å²) in [6.07, 6.45) is 0.641. The molecule has 0 radical (unpaired) electrons. The van der Waals surface area contributed by atoms with Crippen LogP contribution in [0.1, 0.15) is 130 Å². The SMILES string of the molecule is [2H]N1C(C)(CC)C(C)O[C@@](OC)(c2cc(C)c(C)c(Cl)c2)C1(C)C.[HH].[HH].[HH].[HH].[HH].[HH].[HH].[HH].[HH].[HH].[HH].[HH].[HH].[HH].[HH].[HH].[HH].[HH].[HH].[HH].[HH].[HH].[HH].[HH].[HH].[HH].[HH].[HH].[HH].[HH].[HH].[HH].[HH].[HH].[HH].[HH].[HH].[HH].[HH].[HH].[HH].[HH].[HH].[HH].[HH].[HH].[HH].[HH].[HH].[HH].[HH]. The van der Waals surface area contributed by atoms with Crippen molar-refractivity contribution in [2.75, 3.05) is 7.11 Å². The van der Waals surface area contributed by atoms with E-state index in [-0.39, 0.29) is 78.9 Å². The number of halogens is 1. The van der Waals surface area contributed by atoms with Crippen LogP contribution in [0, 0.1) is 13.8 Å². The molecular formula is C19H132ClNO2. The number of nitrogens with one attached hydrogen (secondary N) is 1. The van der Waals surface area contributed by atoms with E-state index in [4.69, 9.17) is 22.5 Å². The highest BCUT2D eigenvalue weighted by Gasteiger charge is 2.57. The fraction of sp³-hybridized carbons (Fsp3) is 0.684. The number of ether oxygens (including phenoxy) is 2. The minimum absolute atomic E-state index is 0. The van der Waals surface area contributed by atoms with Crippen LogP contribution < -0.4 is 5.31 Å². The topological polar surface area (TPSA) is 30.5 Å². The van der Waals surface area contributed by atoms with E-state index in [1.807, 2.05) is 40.7 Å². The monoisotopic (exact) mass is 443 g/mol. The smallest absolute Gasteiger partial charge is 0.213 e. The Kier molecular flexibility index (Phi) is 4.52. The van der Waals surface area contributed by atoms with Crippen LogP contribution in [-0.4, -0.2) is 24.3 Å². The lowest BCUT2D eigenvalue weighted by atomic mass is 9.78. The first-order valence-corrected chi connectivity index (χ1v) is 8.65. The molecule has 1 saturated heterocycles. The van der Waals surface area contributed by atoms with E-state index < -0.39 is 16.9 Å². The van der Waals surface area contributed by atoms with Crippen molar-refractivity contribution >= 4 is 11.6 Å². The summed E-state index contributed by atoms with van der Waals surface area (Å²) in [6, 6.07) is 3.96. The van der Waals surface area contributed by atoms with E-state index in [0.29, 0.717) is 5.02 Å². The molecule has 3 atom stereocenters. The lowest BCUT2D eigenvalue weighted by molar-refractivity contribution is -0.329. The predicted molar refractivity (Wildman–Crippen MR) is 204 cm³/mol. The summed E-state index contributed by atoms with van der Waals surface area (Å²) in [7, 11) is 1.64. The summed E-state index contributed by atoms with van der Waals surface area (Å²) in [4.78, 5) is 0. The van der Waals surface area contributed by atoms with Crippen molar-refractivity contribution in [1.29, 1.82) is 0 Å². The molecule has 2 rings (SSSR count). The first kappa shape index (κ1) is 17.2. The molecule has 2 unspecified atom stereocenters. The van der Waals surface area contributed by atoms with Gasteiger partial charge in [0.05, 0.1) is 11.6 Å². The maximum Gasteiger partial charge on any atom is 0.213 e. The van der Waals surface area contributed by atoms with Gasteiger partial charge in [-0.3, -0.25) is 5.31 Å². The molecule has 0 saturated carbocycles. The second-order valence-corrected chi connectivity index (χ2v) is 7.77. The van der Waals surface area contributed by atoms with Crippen LogP contribution in [0.15, 0.2) is 12.1 Å². The van der Waals surface area contributed by atoms with Crippen LogP contribution in [0.5, 0.6) is 0 Å². The number of aryl methyl sites for hydroxylation is 1. The number of benzene rings is 1. The molecule has 1 aromatic carbocycles. The van der Waals surface area contributed by atoms with Gasteiger partial charge >= 0.3 is 0 Å². The molecule has 1 heterocycles. The van der Waals surface area contributed by atoms with Crippen molar-refractivity contribution in [3.8, 4) is 0 Å². The molecule has 0 aromatic heterocycles. The molecule has 0 amide bonds. The molecule has 232 valence electrons. The highest BCUT2D eigenvalue weighted by Crippen LogP contribution is 2.46. The quantitative estimate of drug-likeness (QED) is 0.503. The van der Waals surface area contributed by atoms with Gasteiger partial charge in [0.25, 0.3) is 0 Å². The van der Waals surface area contributed by atoms with Gasteiger partial charge in [-0.2, -0.15) is 0 Å². The summed E-state index contributed by atoms with van der Waals surface area (Å²) >= 11 is 6.43. The number of methoxy groups -OCH3 is 1. The lowest BCUT2D eigenvalue weighted by Gasteiger charge is -2.58. The first-order valence-electron chi connectivity index (χ1n) is 8.72. The summed E-state index contributed by atoms with van der Waals surface area (Å²) in [6.45, 7) is 14.2. The lowest BCUT2D eigenvalue weighted by Crippen LogP contribution is -2.74. The van der Waals surface area contributed by atoms with Gasteiger partial charge < -0.3 is 9.47 Å². The summed E-state index contributed by atoms with van der Waals surface area (Å²) in [5.41, 5.74) is 1.89. The number of rotatable bonds is 3. The number of hydrogen-bond acceptors (Lipinski definition) is 3. The highest BCUT2D eigenvalue weighted by atomic mass is 35.5. The normalized spacial score (nSPS) is 35.2. The zero-order valence-electron chi connectivity index (χ0n) is 16.6. The van der Waals surface area contributed by atoms with Gasteiger partial charge in [-0.05, 0) is 65.2 Å². The second kappa shape index (κ2) is 6.03. The minimum Gasteiger partial charge on any atom is -0.348 e. The van der Waals surface area contributed by atoms with Crippen LogP contribution in [0.4, 0.5) is 0 Å².